The van der Waals surface area contributed by atoms with E-state index in [0.717, 1.165) is 5.56 Å². The van der Waals surface area contributed by atoms with E-state index in [0.29, 0.717) is 21.5 Å². The van der Waals surface area contributed by atoms with Crippen LogP contribution in [0.1, 0.15) is 35.7 Å². The highest BCUT2D eigenvalue weighted by atomic mass is 35.5. The predicted octanol–water partition coefficient (Wildman–Crippen LogP) is 4.83. The van der Waals surface area contributed by atoms with Crippen molar-refractivity contribution in [1.29, 1.82) is 0 Å². The number of aromatic nitrogens is 1. The van der Waals surface area contributed by atoms with Crippen LogP contribution in [0.4, 0.5) is 4.39 Å². The van der Waals surface area contributed by atoms with E-state index in [-0.39, 0.29) is 31.4 Å². The van der Waals surface area contributed by atoms with Crippen molar-refractivity contribution in [2.45, 2.75) is 32.6 Å². The molecule has 1 unspecified atom stereocenters. The summed E-state index contributed by atoms with van der Waals surface area (Å²) in [6, 6.07) is 12.1. The van der Waals surface area contributed by atoms with E-state index < -0.39 is 12.0 Å². The summed E-state index contributed by atoms with van der Waals surface area (Å²) >= 11 is 7.28. The van der Waals surface area contributed by atoms with Crippen molar-refractivity contribution in [2.75, 3.05) is 0 Å². The first-order chi connectivity index (χ1) is 14.9. The third kappa shape index (κ3) is 7.34. The lowest BCUT2D eigenvalue weighted by Crippen LogP contribution is -2.28. The van der Waals surface area contributed by atoms with Gasteiger partial charge in [-0.15, -0.1) is 11.3 Å². The lowest BCUT2D eigenvalue weighted by molar-refractivity contribution is -0.145. The Bertz CT molecular complexity index is 1020. The van der Waals surface area contributed by atoms with Crippen molar-refractivity contribution < 1.29 is 23.5 Å². The molecule has 0 fully saturated rings. The summed E-state index contributed by atoms with van der Waals surface area (Å²) < 4.78 is 23.8. The molecule has 0 aliphatic carbocycles. The molecule has 2 aromatic carbocycles. The maximum absolute atomic E-state index is 12.9. The fourth-order valence-corrected chi connectivity index (χ4v) is 3.55. The van der Waals surface area contributed by atoms with E-state index >= 15 is 0 Å². The van der Waals surface area contributed by atoms with E-state index in [9.17, 15) is 14.0 Å². The van der Waals surface area contributed by atoms with Crippen LogP contribution in [-0.2, 0) is 27.5 Å². The summed E-state index contributed by atoms with van der Waals surface area (Å²) in [5.74, 6) is -0.512. The zero-order valence-electron chi connectivity index (χ0n) is 16.6. The van der Waals surface area contributed by atoms with Gasteiger partial charge in [0, 0.05) is 17.3 Å². The second-order valence-electron chi connectivity index (χ2n) is 6.64. The van der Waals surface area contributed by atoms with Crippen molar-refractivity contribution >= 4 is 34.8 Å². The fourth-order valence-electron chi connectivity index (χ4n) is 2.73. The van der Waals surface area contributed by atoms with Crippen molar-refractivity contribution in [3.05, 3.63) is 81.0 Å². The molecule has 1 heterocycles. The Labute approximate surface area is 188 Å². The summed E-state index contributed by atoms with van der Waals surface area (Å²) in [4.78, 5) is 28.2. The highest BCUT2D eigenvalue weighted by Gasteiger charge is 2.18. The van der Waals surface area contributed by atoms with E-state index in [2.05, 4.69) is 10.3 Å². The molecule has 0 bridgehead atoms. The minimum absolute atomic E-state index is 0.0132. The van der Waals surface area contributed by atoms with Crippen molar-refractivity contribution in [2.24, 2.45) is 0 Å². The maximum atomic E-state index is 12.9. The molecular weight excluding hydrogens is 443 g/mol. The molecular formula is C22H20ClFN2O4S. The van der Waals surface area contributed by atoms with Gasteiger partial charge in [0.05, 0.1) is 18.2 Å². The second kappa shape index (κ2) is 10.9. The van der Waals surface area contributed by atoms with E-state index in [4.69, 9.17) is 21.1 Å². The van der Waals surface area contributed by atoms with Crippen LogP contribution >= 0.6 is 22.9 Å². The lowest BCUT2D eigenvalue weighted by Gasteiger charge is -2.17. The van der Waals surface area contributed by atoms with Gasteiger partial charge in [-0.05, 0) is 42.0 Å². The standard InChI is InChI=1S/C22H20ClFN2O4S/c1-14(27)25-20(15-2-4-16(23)5-3-15)10-22(28)30-11-18-13-31-21(26-18)12-29-19-8-6-17(24)7-9-19/h2-9,13,20H,10-12H2,1H3,(H,25,27). The quantitative estimate of drug-likeness (QED) is 0.461. The number of benzene rings is 2. The van der Waals surface area contributed by atoms with Crippen LogP contribution in [0.15, 0.2) is 53.9 Å². The number of ether oxygens (including phenoxy) is 2. The Morgan fingerprint density at radius 2 is 1.84 bits per heavy atom. The summed E-state index contributed by atoms with van der Waals surface area (Å²) in [5, 5.41) is 5.79. The molecule has 9 heteroatoms. The molecule has 1 N–H and O–H groups in total. The molecule has 0 saturated carbocycles. The van der Waals surface area contributed by atoms with Gasteiger partial charge in [-0.1, -0.05) is 23.7 Å². The molecule has 3 aromatic rings. The summed E-state index contributed by atoms with van der Waals surface area (Å²) in [6.45, 7) is 1.63. The number of rotatable bonds is 9. The number of hydrogen-bond donors (Lipinski definition) is 1. The Kier molecular flexibility index (Phi) is 7.97. The zero-order chi connectivity index (χ0) is 22.2. The molecule has 31 heavy (non-hydrogen) atoms. The number of amides is 1. The van der Waals surface area contributed by atoms with Crippen molar-refractivity contribution in [3.8, 4) is 5.75 Å². The van der Waals surface area contributed by atoms with E-state index in [1.165, 1.54) is 42.5 Å². The highest BCUT2D eigenvalue weighted by molar-refractivity contribution is 7.09. The van der Waals surface area contributed by atoms with E-state index in [1.807, 2.05) is 0 Å². The van der Waals surface area contributed by atoms with Gasteiger partial charge in [-0.3, -0.25) is 9.59 Å². The van der Waals surface area contributed by atoms with Crippen molar-refractivity contribution in [1.82, 2.24) is 10.3 Å². The maximum Gasteiger partial charge on any atom is 0.308 e. The average Bonchev–Trinajstić information content (AvgIpc) is 3.19. The first-order valence-electron chi connectivity index (χ1n) is 9.39. The lowest BCUT2D eigenvalue weighted by atomic mass is 10.0. The zero-order valence-corrected chi connectivity index (χ0v) is 18.2. The van der Waals surface area contributed by atoms with Crippen LogP contribution in [0.2, 0.25) is 5.02 Å². The number of thiazole rings is 1. The molecule has 1 aromatic heterocycles. The number of halogens is 2. The van der Waals surface area contributed by atoms with Crippen LogP contribution < -0.4 is 10.1 Å². The van der Waals surface area contributed by atoms with Gasteiger partial charge in [0.2, 0.25) is 5.91 Å². The Morgan fingerprint density at radius 1 is 1.13 bits per heavy atom. The minimum Gasteiger partial charge on any atom is -0.486 e. The number of nitrogens with zero attached hydrogens (tertiary/aromatic N) is 1. The minimum atomic E-state index is -0.516. The average molecular weight is 463 g/mol. The van der Waals surface area contributed by atoms with Gasteiger partial charge in [-0.25, -0.2) is 9.37 Å². The third-order valence-corrected chi connectivity index (χ3v) is 5.30. The number of esters is 1. The molecule has 0 saturated heterocycles. The normalized spacial score (nSPS) is 11.6. The molecule has 0 radical (unpaired) electrons. The van der Waals surface area contributed by atoms with Gasteiger partial charge in [0.1, 0.15) is 29.8 Å². The molecule has 0 aliphatic heterocycles. The summed E-state index contributed by atoms with van der Waals surface area (Å²) in [5.41, 5.74) is 1.35. The molecule has 1 atom stereocenters. The van der Waals surface area contributed by atoms with Gasteiger partial charge in [0.15, 0.2) is 0 Å². The predicted molar refractivity (Wildman–Crippen MR) is 115 cm³/mol. The SMILES string of the molecule is CC(=O)NC(CC(=O)OCc1csc(COc2ccc(F)cc2)n1)c1ccc(Cl)cc1. The third-order valence-electron chi connectivity index (χ3n) is 4.18. The Balaban J connectivity index is 1.50. The molecule has 162 valence electrons. The van der Waals surface area contributed by atoms with Crippen LogP contribution in [0.5, 0.6) is 5.75 Å². The Morgan fingerprint density at radius 3 is 2.52 bits per heavy atom. The van der Waals surface area contributed by atoms with Crippen LogP contribution in [-0.4, -0.2) is 16.9 Å². The molecule has 1 amide bonds. The van der Waals surface area contributed by atoms with E-state index in [1.54, 1.807) is 29.6 Å². The number of carbonyl (C=O) groups is 2. The van der Waals surface area contributed by atoms with Gasteiger partial charge in [-0.2, -0.15) is 0 Å². The number of hydrogen-bond acceptors (Lipinski definition) is 6. The second-order valence-corrected chi connectivity index (χ2v) is 8.02. The summed E-state index contributed by atoms with van der Waals surface area (Å²) in [6.07, 6.45) is -0.0219. The van der Waals surface area contributed by atoms with Crippen LogP contribution in [0.25, 0.3) is 0 Å². The van der Waals surface area contributed by atoms with Crippen molar-refractivity contribution in [3.63, 3.8) is 0 Å². The molecule has 6 nitrogen and oxygen atoms in total. The molecule has 0 aliphatic rings. The number of carbonyl (C=O) groups excluding carboxylic acids is 2. The first kappa shape index (κ1) is 22.7. The van der Waals surface area contributed by atoms with Gasteiger partial charge < -0.3 is 14.8 Å². The van der Waals surface area contributed by atoms with Gasteiger partial charge in [0.25, 0.3) is 0 Å². The molecule has 0 spiro atoms. The first-order valence-corrected chi connectivity index (χ1v) is 10.6. The largest absolute Gasteiger partial charge is 0.486 e. The number of nitrogens with one attached hydrogen (secondary N) is 1. The van der Waals surface area contributed by atoms with Crippen LogP contribution in [0.3, 0.4) is 0 Å². The fraction of sp³-hybridized carbons (Fsp3) is 0.227. The highest BCUT2D eigenvalue weighted by Crippen LogP contribution is 2.21. The monoisotopic (exact) mass is 462 g/mol. The summed E-state index contributed by atoms with van der Waals surface area (Å²) in [7, 11) is 0. The van der Waals surface area contributed by atoms with Crippen LogP contribution in [0, 0.1) is 5.82 Å². The Hall–Kier alpha value is -2.97. The smallest absolute Gasteiger partial charge is 0.308 e. The molecule has 3 rings (SSSR count). The van der Waals surface area contributed by atoms with Gasteiger partial charge >= 0.3 is 5.97 Å². The topological polar surface area (TPSA) is 77.5 Å².